The molecule has 4 N–H and O–H groups in total. The highest BCUT2D eigenvalue weighted by Crippen LogP contribution is 2.30. The Morgan fingerprint density at radius 1 is 0.772 bits per heavy atom. The van der Waals surface area contributed by atoms with Crippen LogP contribution >= 0.6 is 11.3 Å². The van der Waals surface area contributed by atoms with E-state index in [-0.39, 0.29) is 17.4 Å². The van der Waals surface area contributed by atoms with Gasteiger partial charge in [0.15, 0.2) is 11.9 Å². The van der Waals surface area contributed by atoms with Crippen molar-refractivity contribution in [2.75, 3.05) is 13.7 Å². The molecule has 0 saturated heterocycles. The fourth-order valence-corrected chi connectivity index (χ4v) is 7.08. The van der Waals surface area contributed by atoms with Crippen molar-refractivity contribution in [2.24, 2.45) is 0 Å². The average Bonchev–Trinajstić information content (AvgIpc) is 3.73. The molecule has 0 saturated carbocycles. The van der Waals surface area contributed by atoms with Gasteiger partial charge < -0.3 is 30.3 Å². The van der Waals surface area contributed by atoms with Crippen molar-refractivity contribution in [3.63, 3.8) is 0 Å². The van der Waals surface area contributed by atoms with E-state index in [0.717, 1.165) is 33.7 Å². The molecule has 300 valence electrons. The molecule has 0 aliphatic heterocycles. The zero-order valence-corrected chi connectivity index (χ0v) is 34.0. The molecule has 0 radical (unpaired) electrons. The molecular formula is C45H52N4O7S. The second-order valence-electron chi connectivity index (χ2n) is 15.0. The van der Waals surface area contributed by atoms with Crippen molar-refractivity contribution in [1.82, 2.24) is 20.6 Å². The first kappa shape index (κ1) is 42.6. The van der Waals surface area contributed by atoms with Gasteiger partial charge in [0.05, 0.1) is 18.6 Å². The van der Waals surface area contributed by atoms with Gasteiger partial charge in [-0.05, 0) is 64.9 Å². The lowest BCUT2D eigenvalue weighted by Gasteiger charge is -2.25. The number of carbonyl (C=O) groups excluding carboxylic acids is 2. The number of methoxy groups -OCH3 is 1. The van der Waals surface area contributed by atoms with Crippen LogP contribution in [0.4, 0.5) is 0 Å². The lowest BCUT2D eigenvalue weighted by molar-refractivity contribution is -0.145. The van der Waals surface area contributed by atoms with Gasteiger partial charge in [-0.2, -0.15) is 0 Å². The number of aliphatic hydroxyl groups is 1. The molecule has 0 aliphatic rings. The number of hydrogen-bond donors (Lipinski definition) is 4. The maximum atomic E-state index is 13.8. The summed E-state index contributed by atoms with van der Waals surface area (Å²) in [4.78, 5) is 50.3. The number of carboxylic acids is 1. The van der Waals surface area contributed by atoms with Crippen LogP contribution in [-0.4, -0.2) is 63.8 Å². The van der Waals surface area contributed by atoms with Gasteiger partial charge in [0.2, 0.25) is 5.91 Å². The monoisotopic (exact) mass is 792 g/mol. The summed E-state index contributed by atoms with van der Waals surface area (Å²) in [5, 5.41) is 26.4. The molecule has 5 aromatic rings. The highest BCUT2D eigenvalue weighted by atomic mass is 32.1. The molecule has 2 aromatic heterocycles. The minimum atomic E-state index is -1.70. The highest BCUT2D eigenvalue weighted by molar-refractivity contribution is 7.14. The quantitative estimate of drug-likeness (QED) is 0.0605. The van der Waals surface area contributed by atoms with E-state index in [1.165, 1.54) is 56.3 Å². The maximum Gasteiger partial charge on any atom is 0.329 e. The van der Waals surface area contributed by atoms with Crippen LogP contribution in [0.15, 0.2) is 97.3 Å². The first-order valence-corrected chi connectivity index (χ1v) is 20.1. The van der Waals surface area contributed by atoms with Gasteiger partial charge in [-0.25, -0.2) is 14.8 Å². The minimum Gasteiger partial charge on any atom is -0.497 e. The van der Waals surface area contributed by atoms with Gasteiger partial charge in [-0.15, -0.1) is 11.3 Å². The Morgan fingerprint density at radius 2 is 1.40 bits per heavy atom. The van der Waals surface area contributed by atoms with Crippen molar-refractivity contribution < 1.29 is 34.1 Å². The van der Waals surface area contributed by atoms with Crippen molar-refractivity contribution in [1.29, 1.82) is 0 Å². The first-order valence-electron chi connectivity index (χ1n) is 19.3. The Balaban J connectivity index is 1.28. The van der Waals surface area contributed by atoms with E-state index < -0.39 is 36.0 Å². The number of nitrogens with one attached hydrogen (secondary N) is 2. The molecule has 5 rings (SSSR count). The Bertz CT molecular complexity index is 2060. The predicted molar refractivity (Wildman–Crippen MR) is 223 cm³/mol. The summed E-state index contributed by atoms with van der Waals surface area (Å²) in [6, 6.07) is 22.1. The Kier molecular flexibility index (Phi) is 14.9. The second kappa shape index (κ2) is 20.0. The highest BCUT2D eigenvalue weighted by Gasteiger charge is 2.33. The van der Waals surface area contributed by atoms with E-state index in [4.69, 9.17) is 9.47 Å². The van der Waals surface area contributed by atoms with Crippen molar-refractivity contribution in [3.05, 3.63) is 118 Å². The number of benzene rings is 3. The normalized spacial score (nSPS) is 12.9. The SMILES string of the molecule is CCCCCCCOc1ccc(-c2cnc(-c3ccc(CC(NC(=O)c4ccc(C(C)(C)C)s4)C(=O)NC(C(=O)O)C(O)c4ccc(OC)cc4)cc3)nc2)cc1. The lowest BCUT2D eigenvalue weighted by Crippen LogP contribution is -2.54. The van der Waals surface area contributed by atoms with Crippen molar-refractivity contribution in [2.45, 2.75) is 89.8 Å². The molecule has 3 unspecified atom stereocenters. The molecule has 3 atom stereocenters. The van der Waals surface area contributed by atoms with E-state index in [1.54, 1.807) is 30.6 Å². The first-order chi connectivity index (χ1) is 27.4. The molecule has 3 aromatic carbocycles. The van der Waals surface area contributed by atoms with Crippen LogP contribution in [0.1, 0.15) is 91.6 Å². The number of hydrogen-bond acceptors (Lipinski definition) is 9. The van der Waals surface area contributed by atoms with E-state index in [2.05, 4.69) is 27.5 Å². The van der Waals surface area contributed by atoms with Crippen molar-refractivity contribution in [3.8, 4) is 34.0 Å². The average molecular weight is 793 g/mol. The lowest BCUT2D eigenvalue weighted by atomic mass is 9.95. The molecule has 0 fully saturated rings. The summed E-state index contributed by atoms with van der Waals surface area (Å²) in [7, 11) is 1.49. The van der Waals surface area contributed by atoms with Gasteiger partial charge in [0.1, 0.15) is 23.6 Å². The smallest absolute Gasteiger partial charge is 0.329 e. The summed E-state index contributed by atoms with van der Waals surface area (Å²) in [6.45, 7) is 9.05. The summed E-state index contributed by atoms with van der Waals surface area (Å²) in [5.41, 5.74) is 3.38. The number of carboxylic acid groups (broad SMARTS) is 1. The van der Waals surface area contributed by atoms with Crippen LogP contribution in [0, 0.1) is 0 Å². The molecule has 11 nitrogen and oxygen atoms in total. The molecule has 0 aliphatic carbocycles. The molecule has 0 spiro atoms. The van der Waals surface area contributed by atoms with Gasteiger partial charge in [-0.1, -0.05) is 102 Å². The summed E-state index contributed by atoms with van der Waals surface area (Å²) < 4.78 is 11.1. The van der Waals surface area contributed by atoms with Crippen LogP contribution in [0.5, 0.6) is 11.5 Å². The van der Waals surface area contributed by atoms with Gasteiger partial charge in [0, 0.05) is 34.8 Å². The number of aromatic nitrogens is 2. The topological polar surface area (TPSA) is 160 Å². The fourth-order valence-electron chi connectivity index (χ4n) is 6.12. The van der Waals surface area contributed by atoms with Crippen LogP contribution in [-0.2, 0) is 21.4 Å². The predicted octanol–water partition coefficient (Wildman–Crippen LogP) is 8.17. The summed E-state index contributed by atoms with van der Waals surface area (Å²) in [5.74, 6) is -0.794. The van der Waals surface area contributed by atoms with Crippen LogP contribution < -0.4 is 20.1 Å². The third kappa shape index (κ3) is 12.0. The number of carbonyl (C=O) groups is 3. The molecule has 0 bridgehead atoms. The number of rotatable bonds is 19. The fraction of sp³-hybridized carbons (Fsp3) is 0.356. The number of unbranched alkanes of at least 4 members (excludes halogenated alkanes) is 4. The largest absolute Gasteiger partial charge is 0.497 e. The second-order valence-corrected chi connectivity index (χ2v) is 16.0. The van der Waals surface area contributed by atoms with E-state index in [0.29, 0.717) is 28.6 Å². The zero-order valence-electron chi connectivity index (χ0n) is 33.2. The van der Waals surface area contributed by atoms with Crippen LogP contribution in [0.25, 0.3) is 22.5 Å². The van der Waals surface area contributed by atoms with E-state index >= 15 is 0 Å². The zero-order chi connectivity index (χ0) is 41.0. The molecular weight excluding hydrogens is 741 g/mol. The van der Waals surface area contributed by atoms with Gasteiger partial charge >= 0.3 is 5.97 Å². The van der Waals surface area contributed by atoms with Crippen LogP contribution in [0.3, 0.4) is 0 Å². The number of aliphatic carboxylic acids is 1. The van der Waals surface area contributed by atoms with E-state index in [1.807, 2.05) is 75.4 Å². The van der Waals surface area contributed by atoms with E-state index in [9.17, 15) is 24.6 Å². The number of aliphatic hydroxyl groups excluding tert-OH is 1. The standard InChI is InChI=1S/C45H52N4O7S/c1-6-7-8-9-10-25-56-35-21-15-30(16-22-35)33-27-46-41(47-28-33)32-13-11-29(12-14-32)26-36(48-43(52)37-23-24-38(57-37)45(2,3)4)42(51)49-39(44(53)54)40(50)31-17-19-34(55-5)20-18-31/h11-24,27-28,36,39-40,50H,6-10,25-26H2,1-5H3,(H,48,52)(H,49,51)(H,53,54). The van der Waals surface area contributed by atoms with Gasteiger partial charge in [-0.3, -0.25) is 9.59 Å². The molecule has 12 heteroatoms. The Morgan fingerprint density at radius 3 is 2.00 bits per heavy atom. The summed E-state index contributed by atoms with van der Waals surface area (Å²) >= 11 is 1.33. The molecule has 2 heterocycles. The van der Waals surface area contributed by atoms with Crippen molar-refractivity contribution >= 4 is 29.1 Å². The Hall–Kier alpha value is -5.59. The third-order valence-electron chi connectivity index (χ3n) is 9.54. The number of thiophene rings is 1. The number of ether oxygens (including phenoxy) is 2. The minimum absolute atomic E-state index is 0.0404. The maximum absolute atomic E-state index is 13.8. The summed E-state index contributed by atoms with van der Waals surface area (Å²) in [6.07, 6.45) is 7.95. The number of amides is 2. The number of nitrogens with zero attached hydrogens (tertiary/aromatic N) is 2. The molecule has 57 heavy (non-hydrogen) atoms. The third-order valence-corrected chi connectivity index (χ3v) is 11.0. The van der Waals surface area contributed by atoms with Gasteiger partial charge in [0.25, 0.3) is 5.91 Å². The molecule has 2 amide bonds. The van der Waals surface area contributed by atoms with Crippen LogP contribution in [0.2, 0.25) is 0 Å². The Labute approximate surface area is 338 Å².